The maximum absolute atomic E-state index is 13.2. The molecule has 0 radical (unpaired) electrons. The van der Waals surface area contributed by atoms with Crippen molar-refractivity contribution in [2.24, 2.45) is 0 Å². The van der Waals surface area contributed by atoms with E-state index in [4.69, 9.17) is 39.6 Å². The number of aromatic amines is 1. The molecule has 4 aromatic heterocycles. The number of hydrogen-bond acceptors (Lipinski definition) is 17. The Morgan fingerprint density at radius 2 is 1.84 bits per heavy atom. The maximum atomic E-state index is 13.2. The van der Waals surface area contributed by atoms with E-state index in [0.29, 0.717) is 0 Å². The molecule has 22 nitrogen and oxygen atoms in total. The van der Waals surface area contributed by atoms with Crippen LogP contribution in [0.2, 0.25) is 0 Å². The first-order chi connectivity index (χ1) is 21.3. The maximum Gasteiger partial charge on any atom is 0.354 e. The van der Waals surface area contributed by atoms with E-state index in [9.17, 15) is 34.1 Å². The van der Waals surface area contributed by atoms with E-state index in [1.807, 2.05) is 0 Å². The summed E-state index contributed by atoms with van der Waals surface area (Å²) in [6, 6.07) is 1.36. The van der Waals surface area contributed by atoms with Gasteiger partial charge in [-0.3, -0.25) is 28.0 Å². The monoisotopic (exact) mass is 675 g/mol. The largest absolute Gasteiger partial charge is 0.387 e. The van der Waals surface area contributed by atoms with Gasteiger partial charge in [-0.15, -0.1) is 0 Å². The molecule has 0 bridgehead atoms. The predicted octanol–water partition coefficient (Wildman–Crippen LogP) is -2.49. The number of imidazole rings is 1. The molecule has 4 aromatic rings. The summed E-state index contributed by atoms with van der Waals surface area (Å²) < 4.78 is 53.6. The summed E-state index contributed by atoms with van der Waals surface area (Å²) in [6.07, 6.45) is -9.72. The second-order valence-electron chi connectivity index (χ2n) is 10.0. The minimum absolute atomic E-state index is 0.0232. The third-order valence-corrected chi connectivity index (χ3v) is 8.56. The van der Waals surface area contributed by atoms with Gasteiger partial charge in [-0.05, 0) is 6.07 Å². The Hall–Kier alpha value is -3.37. The van der Waals surface area contributed by atoms with Crippen LogP contribution in [0, 0.1) is 0 Å². The minimum atomic E-state index is -4.85. The molecular weight excluding hydrogens is 648 g/mol. The summed E-state index contributed by atoms with van der Waals surface area (Å²) in [7, 11) is -8.29. The number of ether oxygens (including phenoxy) is 3. The second-order valence-corrected chi connectivity index (χ2v) is 12.6. The van der Waals surface area contributed by atoms with Crippen molar-refractivity contribution in [1.82, 2.24) is 34.1 Å². The topological polar surface area (TPSA) is 328 Å². The van der Waals surface area contributed by atoms with Crippen molar-refractivity contribution in [2.45, 2.75) is 49.3 Å². The lowest BCUT2D eigenvalue weighted by molar-refractivity contribution is -0.168. The number of aliphatic hydroxyl groups excluding tert-OH is 3. The number of nitrogens with two attached hydrogens (primary N) is 2. The molecule has 6 rings (SSSR count). The van der Waals surface area contributed by atoms with Crippen LogP contribution in [0.1, 0.15) is 12.5 Å². The number of aliphatic hydroxyl groups is 3. The van der Waals surface area contributed by atoms with Gasteiger partial charge >= 0.3 is 15.9 Å². The number of rotatable bonds is 10. The average Bonchev–Trinajstić information content (AvgIpc) is 3.73. The van der Waals surface area contributed by atoms with Crippen molar-refractivity contribution >= 4 is 49.8 Å². The van der Waals surface area contributed by atoms with Gasteiger partial charge in [0.25, 0.3) is 5.56 Å². The first-order valence-electron chi connectivity index (χ1n) is 13.0. The number of fused-ring (bicyclic) bond motifs is 2. The Balaban J connectivity index is 1.20. The van der Waals surface area contributed by atoms with Gasteiger partial charge in [0.05, 0.1) is 18.3 Å². The molecular formula is C21H27N9O13P2. The standard InChI is InChI=1S/C21H27N9O13P2/c22-14-9-16(25-4-24-14)30(5-26-9)18-11(32)12(33)20(42-18)39-6-45(37,38)43-13-10(31)8(3-40-44(35)36)41-19(13)29-2-1-7-15(29)27-21(23)28-17(7)34/h1-2,4-5,8,10-13,18-20,31-33,44H,3,6H2,(H,35,36)(H,37,38)(H2,22,24,25)(H3,23,27,28,34)/t8-,10+,11+,12-,13+,18-,19-,20+/m1/s1. The van der Waals surface area contributed by atoms with Crippen LogP contribution in [0.3, 0.4) is 0 Å². The van der Waals surface area contributed by atoms with E-state index in [2.05, 4.69) is 24.9 Å². The Morgan fingerprint density at radius 3 is 2.60 bits per heavy atom. The van der Waals surface area contributed by atoms with Crippen molar-refractivity contribution in [3.63, 3.8) is 0 Å². The zero-order valence-corrected chi connectivity index (χ0v) is 24.5. The Kier molecular flexibility index (Phi) is 8.50. The van der Waals surface area contributed by atoms with Crippen molar-refractivity contribution in [3.8, 4) is 0 Å². The van der Waals surface area contributed by atoms with Crippen LogP contribution in [-0.4, -0.2) is 109 Å². The lowest BCUT2D eigenvalue weighted by Gasteiger charge is -2.25. The van der Waals surface area contributed by atoms with Gasteiger partial charge in [0, 0.05) is 6.20 Å². The van der Waals surface area contributed by atoms with Gasteiger partial charge in [-0.25, -0.2) is 15.0 Å². The van der Waals surface area contributed by atoms with E-state index in [0.717, 1.165) is 6.33 Å². The number of aromatic nitrogens is 7. The highest BCUT2D eigenvalue weighted by atomic mass is 31.2. The van der Waals surface area contributed by atoms with Crippen molar-refractivity contribution in [2.75, 3.05) is 24.4 Å². The van der Waals surface area contributed by atoms with Crippen LogP contribution in [0.5, 0.6) is 0 Å². The molecule has 24 heteroatoms. The average molecular weight is 675 g/mol. The molecule has 0 spiro atoms. The van der Waals surface area contributed by atoms with Crippen molar-refractivity contribution in [1.29, 1.82) is 0 Å². The van der Waals surface area contributed by atoms with E-state index >= 15 is 0 Å². The molecule has 45 heavy (non-hydrogen) atoms. The number of anilines is 2. The molecule has 2 aliphatic heterocycles. The molecule has 2 fully saturated rings. The van der Waals surface area contributed by atoms with Gasteiger partial charge in [-0.2, -0.15) is 4.98 Å². The van der Waals surface area contributed by atoms with Gasteiger partial charge in [0.2, 0.25) is 5.95 Å². The van der Waals surface area contributed by atoms with Gasteiger partial charge in [-0.1, -0.05) is 0 Å². The summed E-state index contributed by atoms with van der Waals surface area (Å²) in [5.41, 5.74) is 11.2. The molecule has 0 saturated carbocycles. The van der Waals surface area contributed by atoms with E-state index in [1.165, 1.54) is 27.7 Å². The fourth-order valence-corrected chi connectivity index (χ4v) is 6.36. The normalized spacial score (nSPS) is 30.7. The number of H-pyrrole nitrogens is 1. The van der Waals surface area contributed by atoms with Crippen LogP contribution >= 0.6 is 15.9 Å². The smallest absolute Gasteiger partial charge is 0.354 e. The molecule has 6 heterocycles. The van der Waals surface area contributed by atoms with Crippen LogP contribution in [0.15, 0.2) is 29.7 Å². The first kappa shape index (κ1) is 31.6. The highest BCUT2D eigenvalue weighted by molar-refractivity contribution is 7.52. The summed E-state index contributed by atoms with van der Waals surface area (Å²) in [5, 5.41) is 32.2. The predicted molar refractivity (Wildman–Crippen MR) is 148 cm³/mol. The van der Waals surface area contributed by atoms with Crippen LogP contribution in [0.25, 0.3) is 22.2 Å². The molecule has 2 unspecified atom stereocenters. The zero-order chi connectivity index (χ0) is 32.2. The molecule has 0 aromatic carbocycles. The van der Waals surface area contributed by atoms with Crippen molar-refractivity contribution < 1.29 is 57.5 Å². The van der Waals surface area contributed by atoms with Gasteiger partial charge in [0.15, 0.2) is 42.2 Å². The fourth-order valence-electron chi connectivity index (χ4n) is 5.05. The van der Waals surface area contributed by atoms with E-state index < -0.39 is 83.6 Å². The molecule has 244 valence electrons. The molecule has 0 amide bonds. The van der Waals surface area contributed by atoms with Gasteiger partial charge < -0.3 is 59.9 Å². The van der Waals surface area contributed by atoms with Gasteiger partial charge in [0.1, 0.15) is 42.4 Å². The number of nitrogens with one attached hydrogen (secondary N) is 1. The summed E-state index contributed by atoms with van der Waals surface area (Å²) in [6.45, 7) is -0.603. The quantitative estimate of drug-likeness (QED) is 0.0806. The summed E-state index contributed by atoms with van der Waals surface area (Å²) in [5.74, 6) is -0.188. The highest BCUT2D eigenvalue weighted by Gasteiger charge is 2.50. The lowest BCUT2D eigenvalue weighted by atomic mass is 10.1. The Morgan fingerprint density at radius 1 is 1.07 bits per heavy atom. The second kappa shape index (κ2) is 12.1. The van der Waals surface area contributed by atoms with E-state index in [-0.39, 0.29) is 34.0 Å². The SMILES string of the molecule is Nc1nc2c(ccn2[C@@H]2O[C@H](CO[PH](=O)O)[C@H](O)[C@@H]2OP(=O)(O)CO[C@H]2O[C@@H](n3cnc4c(N)ncnc43)[C@@H](O)[C@H]2O)c(=O)[nH]1. The minimum Gasteiger partial charge on any atom is -0.387 e. The molecule has 0 aliphatic carbocycles. The Bertz CT molecular complexity index is 1850. The zero-order valence-electron chi connectivity index (χ0n) is 22.6. The Labute approximate surface area is 250 Å². The van der Waals surface area contributed by atoms with Crippen LogP contribution < -0.4 is 17.0 Å². The van der Waals surface area contributed by atoms with Crippen LogP contribution in [0.4, 0.5) is 11.8 Å². The summed E-state index contributed by atoms with van der Waals surface area (Å²) >= 11 is 0. The van der Waals surface area contributed by atoms with Crippen LogP contribution in [-0.2, 0) is 32.4 Å². The number of nitrogen functional groups attached to an aromatic ring is 2. The van der Waals surface area contributed by atoms with Crippen molar-refractivity contribution in [3.05, 3.63) is 35.3 Å². The highest BCUT2D eigenvalue weighted by Crippen LogP contribution is 2.49. The lowest BCUT2D eigenvalue weighted by Crippen LogP contribution is -2.36. The van der Waals surface area contributed by atoms with E-state index in [1.54, 1.807) is 0 Å². The fraction of sp³-hybridized carbons (Fsp3) is 0.476. The third-order valence-electron chi connectivity index (χ3n) is 7.10. The number of hydrogen-bond donors (Lipinski definition) is 8. The first-order valence-corrected chi connectivity index (χ1v) is 16.0. The molecule has 2 aliphatic rings. The molecule has 10 atom stereocenters. The summed E-state index contributed by atoms with van der Waals surface area (Å²) in [4.78, 5) is 50.5. The molecule has 2 saturated heterocycles. The third kappa shape index (κ3) is 5.99. The number of nitrogens with zero attached hydrogens (tertiary/aromatic N) is 6. The molecule has 10 N–H and O–H groups in total.